The van der Waals surface area contributed by atoms with Crippen molar-refractivity contribution in [3.8, 4) is 0 Å². The van der Waals surface area contributed by atoms with E-state index in [2.05, 4.69) is 4.52 Å². The molecule has 1 unspecified atom stereocenters. The summed E-state index contributed by atoms with van der Waals surface area (Å²) < 4.78 is 14.0. The summed E-state index contributed by atoms with van der Waals surface area (Å²) in [5.74, 6) is 0. The molecule has 60 valence electrons. The fraction of sp³-hybridized carbons (Fsp3) is 0.333. The molecule has 0 rings (SSSR count). The van der Waals surface area contributed by atoms with Gasteiger partial charge in [-0.2, -0.15) is 0 Å². The summed E-state index contributed by atoms with van der Waals surface area (Å²) in [6.07, 6.45) is 1.09. The minimum atomic E-state index is -4.49. The van der Waals surface area contributed by atoms with Gasteiger partial charge >= 0.3 is 7.82 Å². The Morgan fingerprint density at radius 3 is 2.40 bits per heavy atom. The smallest absolute Gasteiger partial charge is 0.303 e. The molecular weight excluding hydrogens is 202 g/mol. The molecule has 2 N–H and O–H groups in total. The summed E-state index contributed by atoms with van der Waals surface area (Å²) in [4.78, 5) is 16.3. The second kappa shape index (κ2) is 4.34. The van der Waals surface area contributed by atoms with Crippen molar-refractivity contribution in [2.24, 2.45) is 0 Å². The van der Waals surface area contributed by atoms with Gasteiger partial charge in [-0.25, -0.2) is 4.57 Å². The largest absolute Gasteiger partial charge is 0.471 e. The number of halogens is 2. The SMILES string of the molecule is O=P(O)(O)OC(Cl)C=CCl. The summed E-state index contributed by atoms with van der Waals surface area (Å²) in [5.41, 5.74) is -0.189. The zero-order valence-corrected chi connectivity index (χ0v) is 7.05. The molecule has 0 saturated heterocycles. The molecule has 0 bridgehead atoms. The van der Waals surface area contributed by atoms with E-state index >= 15 is 0 Å². The molecule has 0 aliphatic heterocycles. The molecule has 0 aliphatic rings. The van der Waals surface area contributed by atoms with Crippen LogP contribution in [0.15, 0.2) is 11.6 Å². The number of phosphoric ester groups is 1. The van der Waals surface area contributed by atoms with Gasteiger partial charge in [0.1, 0.15) is 0 Å². The molecule has 0 aromatic heterocycles. The number of phosphoric acid groups is 1. The predicted molar refractivity (Wildman–Crippen MR) is 37.8 cm³/mol. The van der Waals surface area contributed by atoms with Crippen LogP contribution < -0.4 is 0 Å². The van der Waals surface area contributed by atoms with Crippen LogP contribution in [0.5, 0.6) is 0 Å². The number of rotatable bonds is 3. The van der Waals surface area contributed by atoms with Gasteiger partial charge in [-0.15, -0.1) is 0 Å². The first-order chi connectivity index (χ1) is 4.45. The molecule has 0 radical (unpaired) electrons. The zero-order chi connectivity index (χ0) is 8.20. The summed E-state index contributed by atoms with van der Waals surface area (Å²) in [6, 6.07) is 0. The molecule has 0 saturated carbocycles. The third-order valence-corrected chi connectivity index (χ3v) is 1.47. The minimum Gasteiger partial charge on any atom is -0.303 e. The van der Waals surface area contributed by atoms with E-state index in [9.17, 15) is 4.57 Å². The second-order valence-corrected chi connectivity index (χ2v) is 3.14. The lowest BCUT2D eigenvalue weighted by Gasteiger charge is -2.05. The zero-order valence-electron chi connectivity index (χ0n) is 4.65. The van der Waals surface area contributed by atoms with Crippen molar-refractivity contribution in [1.82, 2.24) is 0 Å². The van der Waals surface area contributed by atoms with Crippen molar-refractivity contribution in [3.05, 3.63) is 11.6 Å². The fourth-order valence-electron chi connectivity index (χ4n) is 0.224. The number of hydrogen-bond acceptors (Lipinski definition) is 2. The molecule has 0 fully saturated rings. The van der Waals surface area contributed by atoms with Crippen LogP contribution in [0.4, 0.5) is 0 Å². The highest BCUT2D eigenvalue weighted by Crippen LogP contribution is 2.38. The highest BCUT2D eigenvalue weighted by Gasteiger charge is 2.17. The average molecular weight is 207 g/mol. The Morgan fingerprint density at radius 2 is 2.10 bits per heavy atom. The average Bonchev–Trinajstić information content (AvgIpc) is 1.59. The predicted octanol–water partition coefficient (Wildman–Crippen LogP) is 1.41. The molecule has 0 amide bonds. The van der Waals surface area contributed by atoms with E-state index in [0.29, 0.717) is 0 Å². The Labute approximate surface area is 67.6 Å². The van der Waals surface area contributed by atoms with Gasteiger partial charge in [0.25, 0.3) is 0 Å². The van der Waals surface area contributed by atoms with Crippen molar-refractivity contribution in [1.29, 1.82) is 0 Å². The summed E-state index contributed by atoms with van der Waals surface area (Å²) in [6.45, 7) is 0. The number of alkyl halides is 1. The Morgan fingerprint density at radius 1 is 1.60 bits per heavy atom. The van der Waals surface area contributed by atoms with Crippen molar-refractivity contribution in [2.45, 2.75) is 5.56 Å². The maximum absolute atomic E-state index is 10.0. The van der Waals surface area contributed by atoms with Gasteiger partial charge in [0.15, 0.2) is 5.56 Å². The Balaban J connectivity index is 3.80. The van der Waals surface area contributed by atoms with Gasteiger partial charge < -0.3 is 9.79 Å². The van der Waals surface area contributed by atoms with Crippen LogP contribution in [0.2, 0.25) is 0 Å². The van der Waals surface area contributed by atoms with Crippen LogP contribution >= 0.6 is 31.0 Å². The first kappa shape index (κ1) is 10.4. The summed E-state index contributed by atoms with van der Waals surface area (Å²) >= 11 is 10.2. The van der Waals surface area contributed by atoms with E-state index in [1.54, 1.807) is 0 Å². The van der Waals surface area contributed by atoms with Crippen molar-refractivity contribution >= 4 is 31.0 Å². The minimum absolute atomic E-state index is 1.01. The van der Waals surface area contributed by atoms with Crippen molar-refractivity contribution < 1.29 is 18.9 Å². The molecule has 10 heavy (non-hydrogen) atoms. The topological polar surface area (TPSA) is 66.8 Å². The first-order valence-electron chi connectivity index (χ1n) is 2.10. The van der Waals surface area contributed by atoms with Gasteiger partial charge in [-0.05, 0) is 6.08 Å². The van der Waals surface area contributed by atoms with E-state index in [1.165, 1.54) is 0 Å². The lowest BCUT2D eigenvalue weighted by Crippen LogP contribution is -1.97. The van der Waals surface area contributed by atoms with E-state index in [4.69, 9.17) is 33.0 Å². The van der Waals surface area contributed by atoms with Gasteiger partial charge in [0.2, 0.25) is 0 Å². The maximum atomic E-state index is 10.0. The maximum Gasteiger partial charge on any atom is 0.471 e. The highest BCUT2D eigenvalue weighted by molar-refractivity contribution is 7.46. The van der Waals surface area contributed by atoms with Gasteiger partial charge in [0, 0.05) is 5.54 Å². The second-order valence-electron chi connectivity index (χ2n) is 1.27. The van der Waals surface area contributed by atoms with Crippen molar-refractivity contribution in [2.75, 3.05) is 0 Å². The van der Waals surface area contributed by atoms with Crippen LogP contribution in [-0.2, 0) is 9.09 Å². The van der Waals surface area contributed by atoms with Crippen LogP contribution in [0.1, 0.15) is 0 Å². The van der Waals surface area contributed by atoms with E-state index in [-0.39, 0.29) is 0 Å². The van der Waals surface area contributed by atoms with Crippen LogP contribution in [0.3, 0.4) is 0 Å². The third-order valence-electron chi connectivity index (χ3n) is 0.462. The van der Waals surface area contributed by atoms with Crippen LogP contribution in [-0.4, -0.2) is 15.3 Å². The summed E-state index contributed by atoms with van der Waals surface area (Å²) in [7, 11) is -4.49. The number of hydrogen-bond donors (Lipinski definition) is 2. The Hall–Kier alpha value is 0.430. The summed E-state index contributed by atoms with van der Waals surface area (Å²) in [5, 5.41) is 0. The Kier molecular flexibility index (Phi) is 4.52. The molecule has 0 aliphatic carbocycles. The fourth-order valence-corrected chi connectivity index (χ4v) is 1.15. The molecular formula is C3H5Cl2O4P. The lowest BCUT2D eigenvalue weighted by atomic mass is 10.7. The standard InChI is InChI=1S/C3H5Cl2O4P/c4-2-1-3(5)9-10(6,7)8/h1-3H,(H2,6,7,8). The monoisotopic (exact) mass is 206 g/mol. The normalized spacial score (nSPS) is 16.0. The molecule has 1 atom stereocenters. The quantitative estimate of drug-likeness (QED) is 0.542. The van der Waals surface area contributed by atoms with E-state index < -0.39 is 13.4 Å². The van der Waals surface area contributed by atoms with Gasteiger partial charge in [-0.3, -0.25) is 4.52 Å². The third kappa shape index (κ3) is 6.55. The highest BCUT2D eigenvalue weighted by atomic mass is 35.5. The molecule has 0 heterocycles. The van der Waals surface area contributed by atoms with Gasteiger partial charge in [-0.1, -0.05) is 23.2 Å². The molecule has 0 spiro atoms. The van der Waals surface area contributed by atoms with E-state index in [0.717, 1.165) is 11.6 Å². The van der Waals surface area contributed by atoms with Gasteiger partial charge in [0.05, 0.1) is 0 Å². The lowest BCUT2D eigenvalue weighted by molar-refractivity contribution is 0.199. The Bertz CT molecular complexity index is 164. The molecule has 4 nitrogen and oxygen atoms in total. The van der Waals surface area contributed by atoms with Crippen LogP contribution in [0, 0.1) is 0 Å². The molecule has 7 heteroatoms. The van der Waals surface area contributed by atoms with E-state index in [1.807, 2.05) is 0 Å². The molecule has 0 aromatic carbocycles. The molecule has 0 aromatic rings. The van der Waals surface area contributed by atoms with Crippen molar-refractivity contribution in [3.63, 3.8) is 0 Å². The van der Waals surface area contributed by atoms with Crippen LogP contribution in [0.25, 0.3) is 0 Å². The first-order valence-corrected chi connectivity index (χ1v) is 4.51.